The molecule has 0 bridgehead atoms. The van der Waals surface area contributed by atoms with Gasteiger partial charge in [0.15, 0.2) is 0 Å². The highest BCUT2D eigenvalue weighted by atomic mass is 16.5. The lowest BCUT2D eigenvalue weighted by Gasteiger charge is -2.09. The number of carboxylic acid groups (broad SMARTS) is 1. The van der Waals surface area contributed by atoms with E-state index in [1.807, 2.05) is 0 Å². The molecule has 106 valence electrons. The summed E-state index contributed by atoms with van der Waals surface area (Å²) in [7, 11) is 0. The second-order valence-corrected chi connectivity index (χ2v) is 4.18. The molecule has 0 aromatic carbocycles. The minimum absolute atomic E-state index is 0.285. The fourth-order valence-corrected chi connectivity index (χ4v) is 1.17. The van der Waals surface area contributed by atoms with E-state index in [1.54, 1.807) is 6.92 Å². The van der Waals surface area contributed by atoms with Crippen LogP contribution in [0.5, 0.6) is 0 Å². The third kappa shape index (κ3) is 9.89. The van der Waals surface area contributed by atoms with E-state index in [0.717, 1.165) is 19.4 Å². The average molecular weight is 260 g/mol. The van der Waals surface area contributed by atoms with Gasteiger partial charge in [0.1, 0.15) is 0 Å². The first-order chi connectivity index (χ1) is 8.57. The van der Waals surface area contributed by atoms with Crippen molar-refractivity contribution in [3.05, 3.63) is 0 Å². The molecule has 2 amide bonds. The van der Waals surface area contributed by atoms with Crippen molar-refractivity contribution in [2.45, 2.75) is 33.1 Å². The average Bonchev–Trinajstić information content (AvgIpc) is 2.33. The molecule has 0 aliphatic carbocycles. The zero-order chi connectivity index (χ0) is 13.8. The van der Waals surface area contributed by atoms with Crippen LogP contribution in [0.4, 0.5) is 4.79 Å². The molecule has 18 heavy (non-hydrogen) atoms. The van der Waals surface area contributed by atoms with Gasteiger partial charge in [-0.1, -0.05) is 20.3 Å². The van der Waals surface area contributed by atoms with Crippen LogP contribution in [0.25, 0.3) is 0 Å². The standard InChI is InChI=1S/C12H24N2O4/c1-3-4-8-18-9-7-14-12(17)13-6-5-10(2)11(15)16/h10H,3-9H2,1-2H3,(H,15,16)(H2,13,14,17). The lowest BCUT2D eigenvalue weighted by Crippen LogP contribution is -2.38. The lowest BCUT2D eigenvalue weighted by atomic mass is 10.1. The Morgan fingerprint density at radius 2 is 1.89 bits per heavy atom. The summed E-state index contributed by atoms with van der Waals surface area (Å²) in [6.07, 6.45) is 2.55. The van der Waals surface area contributed by atoms with Crippen molar-refractivity contribution >= 4 is 12.0 Å². The third-order valence-corrected chi connectivity index (χ3v) is 2.46. The number of rotatable bonds is 10. The van der Waals surface area contributed by atoms with Gasteiger partial charge in [0.05, 0.1) is 12.5 Å². The van der Waals surface area contributed by atoms with Crippen LogP contribution in [0.3, 0.4) is 0 Å². The quantitative estimate of drug-likeness (QED) is 0.515. The van der Waals surface area contributed by atoms with Crippen LogP contribution in [0.1, 0.15) is 33.1 Å². The number of aliphatic carboxylic acids is 1. The first kappa shape index (κ1) is 16.7. The largest absolute Gasteiger partial charge is 0.481 e. The van der Waals surface area contributed by atoms with Crippen molar-refractivity contribution in [1.82, 2.24) is 10.6 Å². The first-order valence-corrected chi connectivity index (χ1v) is 6.40. The van der Waals surface area contributed by atoms with Crippen LogP contribution in [0, 0.1) is 5.92 Å². The SMILES string of the molecule is CCCCOCCNC(=O)NCCC(C)C(=O)O. The highest BCUT2D eigenvalue weighted by molar-refractivity contribution is 5.74. The Morgan fingerprint density at radius 3 is 2.50 bits per heavy atom. The van der Waals surface area contributed by atoms with Crippen molar-refractivity contribution in [2.24, 2.45) is 5.92 Å². The van der Waals surface area contributed by atoms with Gasteiger partial charge >= 0.3 is 12.0 Å². The molecule has 0 rings (SSSR count). The molecule has 0 aromatic rings. The van der Waals surface area contributed by atoms with Crippen LogP contribution in [0.15, 0.2) is 0 Å². The second kappa shape index (κ2) is 10.8. The fourth-order valence-electron chi connectivity index (χ4n) is 1.17. The summed E-state index contributed by atoms with van der Waals surface area (Å²) < 4.78 is 5.28. The highest BCUT2D eigenvalue weighted by Gasteiger charge is 2.10. The zero-order valence-corrected chi connectivity index (χ0v) is 11.2. The summed E-state index contributed by atoms with van der Waals surface area (Å²) in [4.78, 5) is 21.8. The van der Waals surface area contributed by atoms with Crippen molar-refractivity contribution in [2.75, 3.05) is 26.3 Å². The Bertz CT molecular complexity index is 246. The van der Waals surface area contributed by atoms with Gasteiger partial charge in [-0.25, -0.2) is 4.79 Å². The van der Waals surface area contributed by atoms with Gasteiger partial charge in [0.2, 0.25) is 0 Å². The van der Waals surface area contributed by atoms with Crippen molar-refractivity contribution in [1.29, 1.82) is 0 Å². The number of carbonyl (C=O) groups is 2. The summed E-state index contributed by atoms with van der Waals surface area (Å²) in [5, 5.41) is 13.9. The Kier molecular flexibility index (Phi) is 10.0. The molecule has 1 atom stereocenters. The Morgan fingerprint density at radius 1 is 1.22 bits per heavy atom. The van der Waals surface area contributed by atoms with Crippen LogP contribution in [0.2, 0.25) is 0 Å². The topological polar surface area (TPSA) is 87.7 Å². The maximum atomic E-state index is 11.3. The summed E-state index contributed by atoms with van der Waals surface area (Å²) in [5.74, 6) is -1.29. The molecule has 0 aromatic heterocycles. The van der Waals surface area contributed by atoms with Crippen molar-refractivity contribution in [3.63, 3.8) is 0 Å². The predicted octanol–water partition coefficient (Wildman–Crippen LogP) is 1.21. The second-order valence-electron chi connectivity index (χ2n) is 4.18. The predicted molar refractivity (Wildman–Crippen MR) is 68.5 cm³/mol. The molecule has 0 aliphatic rings. The van der Waals surface area contributed by atoms with Gasteiger partial charge in [0, 0.05) is 19.7 Å². The Labute approximate surface area is 108 Å². The maximum Gasteiger partial charge on any atom is 0.314 e. The highest BCUT2D eigenvalue weighted by Crippen LogP contribution is 1.99. The van der Waals surface area contributed by atoms with Gasteiger partial charge in [-0.05, 0) is 12.8 Å². The van der Waals surface area contributed by atoms with Crippen molar-refractivity contribution < 1.29 is 19.4 Å². The number of carbonyl (C=O) groups excluding carboxylic acids is 1. The molecule has 0 fully saturated rings. The Balaban J connectivity index is 3.35. The van der Waals surface area contributed by atoms with Gasteiger partial charge in [-0.3, -0.25) is 4.79 Å². The number of urea groups is 1. The van der Waals surface area contributed by atoms with Crippen LogP contribution >= 0.6 is 0 Å². The number of ether oxygens (including phenoxy) is 1. The fraction of sp³-hybridized carbons (Fsp3) is 0.833. The summed E-state index contributed by atoms with van der Waals surface area (Å²) in [6, 6.07) is -0.285. The van der Waals surface area contributed by atoms with E-state index in [4.69, 9.17) is 9.84 Å². The molecule has 0 saturated carbocycles. The van der Waals surface area contributed by atoms with E-state index in [-0.39, 0.29) is 6.03 Å². The van der Waals surface area contributed by atoms with E-state index in [0.29, 0.717) is 26.1 Å². The van der Waals surface area contributed by atoms with Crippen molar-refractivity contribution in [3.8, 4) is 0 Å². The number of amides is 2. The van der Waals surface area contributed by atoms with Gasteiger partial charge in [-0.15, -0.1) is 0 Å². The first-order valence-electron chi connectivity index (χ1n) is 6.40. The molecule has 0 radical (unpaired) electrons. The molecule has 6 nitrogen and oxygen atoms in total. The zero-order valence-electron chi connectivity index (χ0n) is 11.2. The van der Waals surface area contributed by atoms with E-state index < -0.39 is 11.9 Å². The molecular weight excluding hydrogens is 236 g/mol. The number of unbranched alkanes of at least 4 members (excludes halogenated alkanes) is 1. The number of carboxylic acids is 1. The number of hydrogen-bond acceptors (Lipinski definition) is 3. The van der Waals surface area contributed by atoms with Crippen LogP contribution < -0.4 is 10.6 Å². The molecule has 0 spiro atoms. The summed E-state index contributed by atoms with van der Waals surface area (Å²) >= 11 is 0. The lowest BCUT2D eigenvalue weighted by molar-refractivity contribution is -0.141. The van der Waals surface area contributed by atoms with Crippen LogP contribution in [-0.2, 0) is 9.53 Å². The summed E-state index contributed by atoms with van der Waals surface area (Å²) in [5.41, 5.74) is 0. The smallest absolute Gasteiger partial charge is 0.314 e. The third-order valence-electron chi connectivity index (χ3n) is 2.46. The minimum atomic E-state index is -0.846. The van der Waals surface area contributed by atoms with E-state index in [2.05, 4.69) is 17.6 Å². The molecule has 3 N–H and O–H groups in total. The molecular formula is C12H24N2O4. The molecule has 0 aliphatic heterocycles. The monoisotopic (exact) mass is 260 g/mol. The summed E-state index contributed by atoms with van der Waals surface area (Å²) in [6.45, 7) is 5.74. The molecule has 0 heterocycles. The van der Waals surface area contributed by atoms with Crippen LogP contribution in [-0.4, -0.2) is 43.4 Å². The van der Waals surface area contributed by atoms with Gasteiger partial charge in [-0.2, -0.15) is 0 Å². The minimum Gasteiger partial charge on any atom is -0.481 e. The Hall–Kier alpha value is -1.30. The van der Waals surface area contributed by atoms with E-state index in [1.165, 1.54) is 0 Å². The van der Waals surface area contributed by atoms with Gasteiger partial charge < -0.3 is 20.5 Å². The molecule has 6 heteroatoms. The number of nitrogens with one attached hydrogen (secondary N) is 2. The maximum absolute atomic E-state index is 11.3. The van der Waals surface area contributed by atoms with Gasteiger partial charge in [0.25, 0.3) is 0 Å². The molecule has 0 saturated heterocycles. The van der Waals surface area contributed by atoms with E-state index in [9.17, 15) is 9.59 Å². The van der Waals surface area contributed by atoms with E-state index >= 15 is 0 Å². The molecule has 1 unspecified atom stereocenters. The number of hydrogen-bond donors (Lipinski definition) is 3. The normalized spacial score (nSPS) is 11.9.